The van der Waals surface area contributed by atoms with Crippen LogP contribution in [0, 0.1) is 0 Å². The van der Waals surface area contributed by atoms with Crippen LogP contribution >= 0.6 is 0 Å². The van der Waals surface area contributed by atoms with Crippen molar-refractivity contribution >= 4 is 80.2 Å². The fourth-order valence-corrected chi connectivity index (χ4v) is 10.3. The van der Waals surface area contributed by atoms with E-state index in [1.165, 1.54) is 24.3 Å². The van der Waals surface area contributed by atoms with Gasteiger partial charge in [-0.1, -0.05) is 54.6 Å². The Morgan fingerprint density at radius 1 is 0.684 bits per heavy atom. The smallest absolute Gasteiger partial charge is 0.344 e. The molecule has 0 unspecified atom stereocenters. The van der Waals surface area contributed by atoms with Gasteiger partial charge in [0, 0.05) is 22.9 Å². The van der Waals surface area contributed by atoms with Crippen molar-refractivity contribution in [3.8, 4) is 11.1 Å². The SMILES string of the molecule is O=C(O)CCCS(=O)(=O)c1cc(Nc2cc(S(=O)(=O)O)c3[nH]c(=O)c(C(=O)OCc4ccccc4)c4c3c2C(=O)c2ccccc2-4)c(S(=O)(=O)O)cc1S(=O)(=O)O. The maximum absolute atomic E-state index is 14.3. The molecule has 0 saturated carbocycles. The Morgan fingerprint density at radius 3 is 1.86 bits per heavy atom. The number of carbonyl (C=O) groups is 3. The Morgan fingerprint density at radius 2 is 1.26 bits per heavy atom. The molecule has 1 aliphatic carbocycles. The largest absolute Gasteiger partial charge is 0.481 e. The number of benzene rings is 4. The molecule has 0 aliphatic heterocycles. The highest BCUT2D eigenvalue weighted by Crippen LogP contribution is 2.46. The van der Waals surface area contributed by atoms with Gasteiger partial charge < -0.3 is 20.1 Å². The van der Waals surface area contributed by atoms with Crippen molar-refractivity contribution < 1.29 is 71.6 Å². The van der Waals surface area contributed by atoms with Gasteiger partial charge in [-0.2, -0.15) is 25.3 Å². The number of ketones is 1. The van der Waals surface area contributed by atoms with E-state index in [0.29, 0.717) is 17.7 Å². The number of aromatic amines is 1. The van der Waals surface area contributed by atoms with Crippen LogP contribution in [0.15, 0.2) is 97.2 Å². The van der Waals surface area contributed by atoms with Gasteiger partial charge in [-0.15, -0.1) is 0 Å². The summed E-state index contributed by atoms with van der Waals surface area (Å²) in [6, 6.07) is 14.5. The Hall–Kier alpha value is -5.82. The predicted octanol–water partition coefficient (Wildman–Crippen LogP) is 3.22. The molecule has 19 nitrogen and oxygen atoms in total. The average molecular weight is 863 g/mol. The van der Waals surface area contributed by atoms with E-state index in [1.807, 2.05) is 0 Å². The number of fused-ring (bicyclic) bond motifs is 2. The standard InChI is InChI=1S/C34H26N2O17S4/c37-26(38)11-6-12-54(42,43)23-13-20(22(55(44,45)46)15-24(23)56(47,48)49)35-21-14-25(57(50,51)52)31-29-27(18-9-4-5-10-19(18)32(39)28(21)29)30(33(40)36-31)34(41)53-16-17-7-2-1-3-8-17/h1-5,7-10,13-15,35H,6,11-12,16H2,(H,36,40)(H,37,38)(H,44,45,46)(H,47,48,49)(H,50,51,52). The summed E-state index contributed by atoms with van der Waals surface area (Å²) in [5.74, 6) is -4.70. The number of hydrogen-bond acceptors (Lipinski definition) is 14. The summed E-state index contributed by atoms with van der Waals surface area (Å²) in [5, 5.41) is 10.8. The third kappa shape index (κ3) is 7.93. The van der Waals surface area contributed by atoms with E-state index in [1.54, 1.807) is 30.3 Å². The molecule has 5 aromatic rings. The molecular formula is C34H26N2O17S4. The molecule has 298 valence electrons. The number of carboxylic acid groups (broad SMARTS) is 1. The molecule has 23 heteroatoms. The lowest BCUT2D eigenvalue weighted by molar-refractivity contribution is -0.137. The second-order valence-corrected chi connectivity index (χ2v) is 18.6. The number of carbonyl (C=O) groups excluding carboxylic acids is 2. The highest BCUT2D eigenvalue weighted by Gasteiger charge is 2.37. The number of nitrogens with one attached hydrogen (secondary N) is 2. The number of ether oxygens (including phenoxy) is 1. The van der Waals surface area contributed by atoms with Crippen LogP contribution in [-0.4, -0.2) is 80.9 Å². The van der Waals surface area contributed by atoms with E-state index < -0.39 is 135 Å². The van der Waals surface area contributed by atoms with Gasteiger partial charge >= 0.3 is 11.9 Å². The van der Waals surface area contributed by atoms with Crippen molar-refractivity contribution in [2.24, 2.45) is 0 Å². The number of hydrogen-bond donors (Lipinski definition) is 6. The normalized spacial score (nSPS) is 12.9. The molecule has 0 radical (unpaired) electrons. The lowest BCUT2D eigenvalue weighted by Crippen LogP contribution is -2.26. The molecule has 4 aromatic carbocycles. The summed E-state index contributed by atoms with van der Waals surface area (Å²) in [6.07, 6.45) is -1.31. The fraction of sp³-hybridized carbons (Fsp3) is 0.118. The van der Waals surface area contributed by atoms with Gasteiger partial charge in [0.05, 0.1) is 33.1 Å². The van der Waals surface area contributed by atoms with Crippen LogP contribution < -0.4 is 10.9 Å². The van der Waals surface area contributed by atoms with Gasteiger partial charge in [-0.25, -0.2) is 13.2 Å². The number of rotatable bonds is 13. The van der Waals surface area contributed by atoms with Gasteiger partial charge in [0.2, 0.25) is 0 Å². The van der Waals surface area contributed by atoms with E-state index >= 15 is 0 Å². The van der Waals surface area contributed by atoms with E-state index in [4.69, 9.17) is 9.84 Å². The number of H-pyrrole nitrogens is 1. The van der Waals surface area contributed by atoms with Crippen LogP contribution in [-0.2, 0) is 56.3 Å². The van der Waals surface area contributed by atoms with Gasteiger partial charge in [-0.3, -0.25) is 28.0 Å². The van der Waals surface area contributed by atoms with Crippen LogP contribution in [0.5, 0.6) is 0 Å². The van der Waals surface area contributed by atoms with E-state index in [9.17, 15) is 66.5 Å². The zero-order valence-corrected chi connectivity index (χ0v) is 31.8. The maximum Gasteiger partial charge on any atom is 0.344 e. The summed E-state index contributed by atoms with van der Waals surface area (Å²) >= 11 is 0. The lowest BCUT2D eigenvalue weighted by Gasteiger charge is -2.25. The third-order valence-electron chi connectivity index (χ3n) is 8.63. The number of pyridine rings is 1. The lowest BCUT2D eigenvalue weighted by atomic mass is 9.81. The van der Waals surface area contributed by atoms with Crippen molar-refractivity contribution in [3.05, 3.63) is 105 Å². The molecule has 0 fully saturated rings. The van der Waals surface area contributed by atoms with Crippen molar-refractivity contribution in [2.75, 3.05) is 11.1 Å². The summed E-state index contributed by atoms with van der Waals surface area (Å²) in [7, 11) is -21.6. The van der Waals surface area contributed by atoms with Gasteiger partial charge in [0.25, 0.3) is 35.9 Å². The second-order valence-electron chi connectivity index (χ2n) is 12.3. The molecule has 0 bridgehead atoms. The first-order valence-corrected chi connectivity index (χ1v) is 21.9. The molecule has 6 N–H and O–H groups in total. The number of aliphatic carboxylic acids is 1. The molecule has 57 heavy (non-hydrogen) atoms. The van der Waals surface area contributed by atoms with Crippen LogP contribution in [0.1, 0.15) is 44.7 Å². The number of esters is 1. The molecule has 6 rings (SSSR count). The first kappa shape index (κ1) is 40.8. The molecular weight excluding hydrogens is 837 g/mol. The third-order valence-corrected chi connectivity index (χ3v) is 13.3. The predicted molar refractivity (Wildman–Crippen MR) is 197 cm³/mol. The first-order chi connectivity index (χ1) is 26.5. The minimum Gasteiger partial charge on any atom is -0.481 e. The number of anilines is 2. The van der Waals surface area contributed by atoms with Gasteiger partial charge in [-0.05, 0) is 35.7 Å². The average Bonchev–Trinajstić information content (AvgIpc) is 3.11. The maximum atomic E-state index is 14.3. The monoisotopic (exact) mass is 862 g/mol. The molecule has 0 spiro atoms. The molecule has 1 heterocycles. The van der Waals surface area contributed by atoms with Crippen LogP contribution in [0.25, 0.3) is 22.0 Å². The highest BCUT2D eigenvalue weighted by molar-refractivity contribution is 7.92. The van der Waals surface area contributed by atoms with Crippen LogP contribution in [0.4, 0.5) is 11.4 Å². The first-order valence-electron chi connectivity index (χ1n) is 15.9. The van der Waals surface area contributed by atoms with E-state index in [-0.39, 0.29) is 29.4 Å². The molecule has 1 aromatic heterocycles. The Bertz CT molecular complexity index is 3090. The number of carboxylic acids is 1. The molecule has 0 amide bonds. The zero-order chi connectivity index (χ0) is 41.8. The van der Waals surface area contributed by atoms with E-state index in [2.05, 4.69) is 10.3 Å². The van der Waals surface area contributed by atoms with Crippen molar-refractivity contribution in [1.82, 2.24) is 4.98 Å². The van der Waals surface area contributed by atoms with E-state index in [0.717, 1.165) is 0 Å². The molecule has 0 saturated heterocycles. The second kappa shape index (κ2) is 14.6. The van der Waals surface area contributed by atoms with Gasteiger partial charge in [0.15, 0.2) is 15.6 Å². The highest BCUT2D eigenvalue weighted by atomic mass is 32.2. The Labute approximate surface area is 322 Å². The minimum absolute atomic E-state index is 0.0498. The van der Waals surface area contributed by atoms with Crippen LogP contribution in [0.2, 0.25) is 0 Å². The number of aromatic nitrogens is 1. The van der Waals surface area contributed by atoms with Crippen LogP contribution in [0.3, 0.4) is 0 Å². The summed E-state index contributed by atoms with van der Waals surface area (Å²) in [5.41, 5.74) is -5.21. The Kier molecular flexibility index (Phi) is 10.5. The fourth-order valence-electron chi connectivity index (χ4n) is 6.24. The summed E-state index contributed by atoms with van der Waals surface area (Å²) in [4.78, 5) is 49.5. The van der Waals surface area contributed by atoms with Crippen molar-refractivity contribution in [3.63, 3.8) is 0 Å². The zero-order valence-electron chi connectivity index (χ0n) is 28.5. The van der Waals surface area contributed by atoms with Gasteiger partial charge in [0.1, 0.15) is 26.9 Å². The number of sulfone groups is 1. The topological polar surface area (TPSA) is 323 Å². The minimum atomic E-state index is -5.62. The molecule has 1 aliphatic rings. The Balaban J connectivity index is 1.69. The quantitative estimate of drug-likeness (QED) is 0.0717. The molecule has 0 atom stereocenters. The van der Waals surface area contributed by atoms with Crippen molar-refractivity contribution in [1.29, 1.82) is 0 Å². The van der Waals surface area contributed by atoms with Crippen molar-refractivity contribution in [2.45, 2.75) is 39.0 Å². The summed E-state index contributed by atoms with van der Waals surface area (Å²) in [6.45, 7) is -0.346. The summed E-state index contributed by atoms with van der Waals surface area (Å²) < 4.78 is 139.